The van der Waals surface area contributed by atoms with Crippen LogP contribution in [0.3, 0.4) is 0 Å². The Bertz CT molecular complexity index is 584. The van der Waals surface area contributed by atoms with Crippen molar-refractivity contribution in [2.75, 3.05) is 7.11 Å². The average molecular weight is 276 g/mol. The second kappa shape index (κ2) is 5.85. The van der Waals surface area contributed by atoms with Gasteiger partial charge < -0.3 is 4.74 Å². The third kappa shape index (κ3) is 2.93. The number of carbonyl (C=O) groups is 1. The lowest BCUT2D eigenvalue weighted by Gasteiger charge is -2.13. The molecular weight excluding hydrogens is 262 g/mol. The van der Waals surface area contributed by atoms with Gasteiger partial charge in [-0.15, -0.1) is 0 Å². The normalized spacial score (nSPS) is 11.9. The molecule has 1 aromatic heterocycles. The van der Waals surface area contributed by atoms with Crippen molar-refractivity contribution in [2.24, 2.45) is 0 Å². The number of nitrogens with zero attached hydrogens (tertiary/aromatic N) is 1. The number of rotatable bonds is 4. The second-order valence-electron chi connectivity index (χ2n) is 4.19. The molecule has 0 saturated heterocycles. The highest BCUT2D eigenvalue weighted by Crippen LogP contribution is 2.28. The zero-order valence-electron chi connectivity index (χ0n) is 10.8. The van der Waals surface area contributed by atoms with Gasteiger partial charge in [-0.1, -0.05) is 17.7 Å². The lowest BCUT2D eigenvalue weighted by atomic mass is 9.95. The molecule has 4 heteroatoms. The molecule has 2 rings (SSSR count). The van der Waals surface area contributed by atoms with Crippen molar-refractivity contribution in [3.63, 3.8) is 0 Å². The first-order valence-corrected chi connectivity index (χ1v) is 6.30. The third-order valence-electron chi connectivity index (χ3n) is 2.95. The fraction of sp³-hybridized carbons (Fsp3) is 0.200. The highest BCUT2D eigenvalue weighted by atomic mass is 35.5. The first-order valence-electron chi connectivity index (χ1n) is 5.92. The second-order valence-corrected chi connectivity index (χ2v) is 4.62. The number of hydrogen-bond donors (Lipinski definition) is 0. The first kappa shape index (κ1) is 13.6. The summed E-state index contributed by atoms with van der Waals surface area (Å²) in [4.78, 5) is 16.7. The van der Waals surface area contributed by atoms with Crippen LogP contribution >= 0.6 is 11.6 Å². The fourth-order valence-corrected chi connectivity index (χ4v) is 2.03. The summed E-state index contributed by atoms with van der Waals surface area (Å²) < 4.78 is 5.21. The van der Waals surface area contributed by atoms with E-state index >= 15 is 0 Å². The van der Waals surface area contributed by atoms with Crippen LogP contribution in [0.15, 0.2) is 42.6 Å². The van der Waals surface area contributed by atoms with E-state index in [2.05, 4.69) is 4.98 Å². The first-order chi connectivity index (χ1) is 9.13. The molecule has 0 bridgehead atoms. The minimum absolute atomic E-state index is 0.0350. The monoisotopic (exact) mass is 275 g/mol. The number of halogens is 1. The minimum atomic E-state index is -0.323. The largest absolute Gasteiger partial charge is 0.496 e. The van der Waals surface area contributed by atoms with Crippen molar-refractivity contribution in [3.05, 3.63) is 58.9 Å². The van der Waals surface area contributed by atoms with E-state index in [1.807, 2.05) is 25.1 Å². The van der Waals surface area contributed by atoms with Crippen LogP contribution in [-0.2, 0) is 0 Å². The van der Waals surface area contributed by atoms with Crippen molar-refractivity contribution in [1.82, 2.24) is 4.98 Å². The molecule has 0 aliphatic carbocycles. The number of methoxy groups -OCH3 is 1. The Morgan fingerprint density at radius 2 is 2.11 bits per heavy atom. The molecule has 1 heterocycles. The van der Waals surface area contributed by atoms with Gasteiger partial charge in [0, 0.05) is 11.2 Å². The van der Waals surface area contributed by atoms with E-state index in [9.17, 15) is 4.79 Å². The SMILES string of the molecule is COc1cc(Cl)ccc1C(=O)C(C)c1ccccn1. The minimum Gasteiger partial charge on any atom is -0.496 e. The van der Waals surface area contributed by atoms with Crippen molar-refractivity contribution < 1.29 is 9.53 Å². The molecule has 0 fully saturated rings. The van der Waals surface area contributed by atoms with Gasteiger partial charge in [-0.2, -0.15) is 0 Å². The molecule has 19 heavy (non-hydrogen) atoms. The molecular formula is C15H14ClNO2. The van der Waals surface area contributed by atoms with Crippen LogP contribution in [-0.4, -0.2) is 17.9 Å². The Morgan fingerprint density at radius 3 is 2.74 bits per heavy atom. The van der Waals surface area contributed by atoms with Crippen LogP contribution < -0.4 is 4.74 Å². The van der Waals surface area contributed by atoms with Gasteiger partial charge in [0.1, 0.15) is 5.75 Å². The molecule has 0 saturated carbocycles. The number of aromatic nitrogens is 1. The van der Waals surface area contributed by atoms with E-state index in [0.717, 1.165) is 5.69 Å². The van der Waals surface area contributed by atoms with Gasteiger partial charge in [0.15, 0.2) is 5.78 Å². The zero-order valence-corrected chi connectivity index (χ0v) is 11.5. The Morgan fingerprint density at radius 1 is 1.32 bits per heavy atom. The van der Waals surface area contributed by atoms with E-state index in [0.29, 0.717) is 16.3 Å². The molecule has 0 aliphatic rings. The Labute approximate surface area is 117 Å². The molecule has 1 aromatic carbocycles. The lowest BCUT2D eigenvalue weighted by Crippen LogP contribution is -2.12. The summed E-state index contributed by atoms with van der Waals surface area (Å²) in [5.74, 6) is 0.128. The molecule has 0 spiro atoms. The molecule has 3 nitrogen and oxygen atoms in total. The maximum Gasteiger partial charge on any atom is 0.175 e. The van der Waals surface area contributed by atoms with Crippen LogP contribution in [0.4, 0.5) is 0 Å². The van der Waals surface area contributed by atoms with E-state index in [-0.39, 0.29) is 11.7 Å². The number of benzene rings is 1. The average Bonchev–Trinajstić information content (AvgIpc) is 2.46. The lowest BCUT2D eigenvalue weighted by molar-refractivity contribution is 0.0961. The van der Waals surface area contributed by atoms with Crippen LogP contribution in [0, 0.1) is 0 Å². The molecule has 2 aromatic rings. The molecule has 0 aliphatic heterocycles. The van der Waals surface area contributed by atoms with E-state index in [1.54, 1.807) is 24.4 Å². The van der Waals surface area contributed by atoms with E-state index < -0.39 is 0 Å². The molecule has 0 amide bonds. The number of carbonyl (C=O) groups excluding carboxylic acids is 1. The summed E-state index contributed by atoms with van der Waals surface area (Å²) in [5, 5.41) is 0.541. The number of hydrogen-bond acceptors (Lipinski definition) is 3. The smallest absolute Gasteiger partial charge is 0.175 e. The maximum absolute atomic E-state index is 12.5. The van der Waals surface area contributed by atoms with Gasteiger partial charge in [0.2, 0.25) is 0 Å². The topological polar surface area (TPSA) is 39.2 Å². The van der Waals surface area contributed by atoms with Gasteiger partial charge in [0.05, 0.1) is 24.3 Å². The number of ether oxygens (including phenoxy) is 1. The van der Waals surface area contributed by atoms with Gasteiger partial charge in [-0.3, -0.25) is 9.78 Å². The van der Waals surface area contributed by atoms with Crippen LogP contribution in [0.1, 0.15) is 28.9 Å². The quantitative estimate of drug-likeness (QED) is 0.798. The predicted octanol–water partition coefficient (Wildman–Crippen LogP) is 3.73. The van der Waals surface area contributed by atoms with E-state index in [4.69, 9.17) is 16.3 Å². The number of ketones is 1. The third-order valence-corrected chi connectivity index (χ3v) is 3.19. The zero-order chi connectivity index (χ0) is 13.8. The van der Waals surface area contributed by atoms with Gasteiger partial charge in [-0.25, -0.2) is 0 Å². The molecule has 0 radical (unpaired) electrons. The summed E-state index contributed by atoms with van der Waals surface area (Å²) in [5.41, 5.74) is 1.26. The molecule has 1 unspecified atom stereocenters. The summed E-state index contributed by atoms with van der Waals surface area (Å²) in [7, 11) is 1.52. The van der Waals surface area contributed by atoms with Crippen LogP contribution in [0.2, 0.25) is 5.02 Å². The highest BCUT2D eigenvalue weighted by molar-refractivity contribution is 6.30. The Kier molecular flexibility index (Phi) is 4.17. The van der Waals surface area contributed by atoms with E-state index in [1.165, 1.54) is 7.11 Å². The fourth-order valence-electron chi connectivity index (χ4n) is 1.87. The van der Waals surface area contributed by atoms with Crippen LogP contribution in [0.5, 0.6) is 5.75 Å². The summed E-state index contributed by atoms with van der Waals surface area (Å²) in [6.45, 7) is 1.83. The Hall–Kier alpha value is -1.87. The van der Waals surface area contributed by atoms with Crippen molar-refractivity contribution in [2.45, 2.75) is 12.8 Å². The summed E-state index contributed by atoms with van der Waals surface area (Å²) in [6.07, 6.45) is 1.68. The van der Waals surface area contributed by atoms with Gasteiger partial charge in [-0.05, 0) is 37.3 Å². The Balaban J connectivity index is 2.34. The molecule has 1 atom stereocenters. The maximum atomic E-state index is 12.5. The van der Waals surface area contributed by atoms with Gasteiger partial charge >= 0.3 is 0 Å². The van der Waals surface area contributed by atoms with Crippen molar-refractivity contribution in [1.29, 1.82) is 0 Å². The molecule has 98 valence electrons. The number of pyridine rings is 1. The highest BCUT2D eigenvalue weighted by Gasteiger charge is 2.21. The molecule has 0 N–H and O–H groups in total. The predicted molar refractivity (Wildman–Crippen MR) is 75.0 cm³/mol. The summed E-state index contributed by atoms with van der Waals surface area (Å²) in [6, 6.07) is 10.5. The standard InChI is InChI=1S/C15H14ClNO2/c1-10(13-5-3-4-8-17-13)15(18)12-7-6-11(16)9-14(12)19-2/h3-10H,1-2H3. The van der Waals surface area contributed by atoms with Gasteiger partial charge in [0.25, 0.3) is 0 Å². The number of Topliss-reactive ketones (excluding diaryl/α,β-unsaturated/α-hetero) is 1. The van der Waals surface area contributed by atoms with Crippen molar-refractivity contribution >= 4 is 17.4 Å². The van der Waals surface area contributed by atoms with Crippen LogP contribution in [0.25, 0.3) is 0 Å². The van der Waals surface area contributed by atoms with Crippen molar-refractivity contribution in [3.8, 4) is 5.75 Å². The summed E-state index contributed by atoms with van der Waals surface area (Å²) >= 11 is 5.89.